The van der Waals surface area contributed by atoms with E-state index >= 15 is 0 Å². The van der Waals surface area contributed by atoms with Crippen LogP contribution >= 0.6 is 0 Å². The zero-order valence-corrected chi connectivity index (χ0v) is 11.3. The number of hydrogen-bond acceptors (Lipinski definition) is 2. The first-order chi connectivity index (χ1) is 9.17. The van der Waals surface area contributed by atoms with Gasteiger partial charge in [0.1, 0.15) is 5.82 Å². The number of aryl methyl sites for hydroxylation is 1. The number of H-pyrrole nitrogens is 1. The molecule has 3 nitrogen and oxygen atoms in total. The van der Waals surface area contributed by atoms with Crippen LogP contribution in [0.2, 0.25) is 0 Å². The molecule has 0 spiro atoms. The lowest BCUT2D eigenvalue weighted by Gasteiger charge is -2.01. The van der Waals surface area contributed by atoms with Crippen molar-refractivity contribution in [2.45, 2.75) is 13.8 Å². The zero-order chi connectivity index (χ0) is 13.8. The van der Waals surface area contributed by atoms with E-state index in [1.54, 1.807) is 6.20 Å². The molecule has 0 saturated heterocycles. The highest BCUT2D eigenvalue weighted by Gasteiger charge is 2.03. The van der Waals surface area contributed by atoms with E-state index in [0.29, 0.717) is 0 Å². The summed E-state index contributed by atoms with van der Waals surface area (Å²) in [5.41, 5.74) is 3.05. The molecule has 3 heteroatoms. The SMILES string of the molecule is C=C/C(C)=c1/cncc/c1=C(/C=C)c1cnc(C)[nH]1. The summed E-state index contributed by atoms with van der Waals surface area (Å²) in [6.07, 6.45) is 9.11. The van der Waals surface area contributed by atoms with Crippen molar-refractivity contribution >= 4 is 11.1 Å². The lowest BCUT2D eigenvalue weighted by atomic mass is 10.1. The van der Waals surface area contributed by atoms with Crippen LogP contribution in [0.1, 0.15) is 18.4 Å². The van der Waals surface area contributed by atoms with E-state index in [0.717, 1.165) is 33.1 Å². The molecule has 96 valence electrons. The van der Waals surface area contributed by atoms with E-state index in [4.69, 9.17) is 0 Å². The van der Waals surface area contributed by atoms with Gasteiger partial charge in [0.05, 0.1) is 11.9 Å². The molecule has 0 atom stereocenters. The molecule has 0 saturated carbocycles. The highest BCUT2D eigenvalue weighted by Crippen LogP contribution is 2.08. The lowest BCUT2D eigenvalue weighted by Crippen LogP contribution is -2.29. The molecule has 0 bridgehead atoms. The Kier molecular flexibility index (Phi) is 3.76. The normalized spacial score (nSPS) is 13.8. The Morgan fingerprint density at radius 3 is 2.58 bits per heavy atom. The smallest absolute Gasteiger partial charge is 0.103 e. The first kappa shape index (κ1) is 13.0. The second-order valence-electron chi connectivity index (χ2n) is 4.31. The van der Waals surface area contributed by atoms with Crippen LogP contribution in [-0.4, -0.2) is 15.0 Å². The van der Waals surface area contributed by atoms with Gasteiger partial charge in [-0.1, -0.05) is 25.3 Å². The van der Waals surface area contributed by atoms with Gasteiger partial charge >= 0.3 is 0 Å². The predicted octanol–water partition coefficient (Wildman–Crippen LogP) is 1.85. The van der Waals surface area contributed by atoms with Gasteiger partial charge in [0.2, 0.25) is 0 Å². The Balaban J connectivity index is 2.91. The average molecular weight is 251 g/mol. The molecular formula is C16H17N3. The molecular weight excluding hydrogens is 234 g/mol. The fourth-order valence-corrected chi connectivity index (χ4v) is 1.98. The number of aromatic amines is 1. The molecule has 0 aromatic carbocycles. The van der Waals surface area contributed by atoms with E-state index in [2.05, 4.69) is 28.1 Å². The topological polar surface area (TPSA) is 41.6 Å². The molecule has 2 heterocycles. The molecule has 19 heavy (non-hydrogen) atoms. The van der Waals surface area contributed by atoms with Crippen LogP contribution in [0.5, 0.6) is 0 Å². The van der Waals surface area contributed by atoms with Crippen molar-refractivity contribution in [2.75, 3.05) is 0 Å². The highest BCUT2D eigenvalue weighted by atomic mass is 14.9. The fourth-order valence-electron chi connectivity index (χ4n) is 1.98. The van der Waals surface area contributed by atoms with E-state index < -0.39 is 0 Å². The zero-order valence-electron chi connectivity index (χ0n) is 11.3. The Morgan fingerprint density at radius 2 is 2.00 bits per heavy atom. The average Bonchev–Trinajstić information content (AvgIpc) is 2.86. The van der Waals surface area contributed by atoms with E-state index in [1.807, 2.05) is 44.5 Å². The molecule has 2 rings (SSSR count). The van der Waals surface area contributed by atoms with Crippen LogP contribution in [0.25, 0.3) is 11.1 Å². The first-order valence-corrected chi connectivity index (χ1v) is 6.09. The van der Waals surface area contributed by atoms with Crippen LogP contribution in [0.3, 0.4) is 0 Å². The number of nitrogens with one attached hydrogen (secondary N) is 1. The van der Waals surface area contributed by atoms with Crippen molar-refractivity contribution in [1.82, 2.24) is 15.0 Å². The third-order valence-corrected chi connectivity index (χ3v) is 3.04. The van der Waals surface area contributed by atoms with Gasteiger partial charge in [-0.05, 0) is 30.7 Å². The van der Waals surface area contributed by atoms with E-state index in [9.17, 15) is 0 Å². The Hall–Kier alpha value is -2.42. The number of nitrogens with zero attached hydrogens (tertiary/aromatic N) is 2. The van der Waals surface area contributed by atoms with Crippen LogP contribution in [0.4, 0.5) is 0 Å². The van der Waals surface area contributed by atoms with Crippen molar-refractivity contribution in [2.24, 2.45) is 0 Å². The minimum atomic E-state index is 0.884. The Labute approximate surface area is 112 Å². The van der Waals surface area contributed by atoms with Gasteiger partial charge in [-0.25, -0.2) is 4.98 Å². The Bertz CT molecular complexity index is 735. The summed E-state index contributed by atoms with van der Waals surface area (Å²) in [6.45, 7) is 11.7. The van der Waals surface area contributed by atoms with Crippen molar-refractivity contribution in [3.63, 3.8) is 0 Å². The van der Waals surface area contributed by atoms with Crippen molar-refractivity contribution in [3.8, 4) is 0 Å². The van der Waals surface area contributed by atoms with Crippen LogP contribution < -0.4 is 10.4 Å². The number of aromatic nitrogens is 3. The molecule has 0 fully saturated rings. The van der Waals surface area contributed by atoms with Crippen molar-refractivity contribution in [3.05, 3.63) is 71.9 Å². The largest absolute Gasteiger partial charge is 0.342 e. The van der Waals surface area contributed by atoms with E-state index in [1.165, 1.54) is 0 Å². The number of rotatable bonds is 3. The molecule has 0 aliphatic carbocycles. The number of imidazole rings is 1. The maximum absolute atomic E-state index is 4.24. The monoisotopic (exact) mass is 251 g/mol. The van der Waals surface area contributed by atoms with Crippen molar-refractivity contribution in [1.29, 1.82) is 0 Å². The van der Waals surface area contributed by atoms with Crippen LogP contribution in [0.15, 0.2) is 50.0 Å². The highest BCUT2D eigenvalue weighted by molar-refractivity contribution is 5.71. The summed E-state index contributed by atoms with van der Waals surface area (Å²) in [5.74, 6) is 0.884. The van der Waals surface area contributed by atoms with Gasteiger partial charge in [-0.3, -0.25) is 4.98 Å². The minimum Gasteiger partial charge on any atom is -0.342 e. The van der Waals surface area contributed by atoms with E-state index in [-0.39, 0.29) is 0 Å². The summed E-state index contributed by atoms with van der Waals surface area (Å²) >= 11 is 0. The molecule has 1 N–H and O–H groups in total. The van der Waals surface area contributed by atoms with Gasteiger partial charge in [-0.15, -0.1) is 0 Å². The third-order valence-electron chi connectivity index (χ3n) is 3.04. The second-order valence-corrected chi connectivity index (χ2v) is 4.31. The summed E-state index contributed by atoms with van der Waals surface area (Å²) in [5, 5.41) is 2.13. The molecule has 0 aliphatic rings. The lowest BCUT2D eigenvalue weighted by molar-refractivity contribution is 1.14. The molecule has 2 aromatic heterocycles. The summed E-state index contributed by atoms with van der Waals surface area (Å²) in [6, 6.07) is 1.98. The number of pyridine rings is 1. The van der Waals surface area contributed by atoms with Gasteiger partial charge in [-0.2, -0.15) is 0 Å². The standard InChI is InChI=1S/C16H17N3/c1-5-11(3)15-9-17-8-7-14(15)13(6-2)16-10-18-12(4)19-16/h5-10H,1-2H2,3-4H3,(H,18,19)/b14-13+,15-11-. The molecule has 2 aromatic rings. The van der Waals surface area contributed by atoms with Crippen LogP contribution in [0, 0.1) is 6.92 Å². The van der Waals surface area contributed by atoms with Gasteiger partial charge in [0.25, 0.3) is 0 Å². The molecule has 0 radical (unpaired) electrons. The number of allylic oxidation sites excluding steroid dienone is 2. The fraction of sp³-hybridized carbons (Fsp3) is 0.125. The van der Waals surface area contributed by atoms with Gasteiger partial charge in [0.15, 0.2) is 0 Å². The summed E-state index contributed by atoms with van der Waals surface area (Å²) < 4.78 is 0. The maximum Gasteiger partial charge on any atom is 0.103 e. The minimum absolute atomic E-state index is 0.884. The maximum atomic E-state index is 4.24. The summed E-state index contributed by atoms with van der Waals surface area (Å²) in [4.78, 5) is 11.7. The Morgan fingerprint density at radius 1 is 1.21 bits per heavy atom. The molecule has 0 amide bonds. The summed E-state index contributed by atoms with van der Waals surface area (Å²) in [7, 11) is 0. The molecule has 0 unspecified atom stereocenters. The number of hydrogen-bond donors (Lipinski definition) is 1. The molecule has 0 aliphatic heterocycles. The predicted molar refractivity (Wildman–Crippen MR) is 78.8 cm³/mol. The third kappa shape index (κ3) is 2.55. The van der Waals surface area contributed by atoms with Gasteiger partial charge in [0, 0.05) is 23.2 Å². The quantitative estimate of drug-likeness (QED) is 0.904. The van der Waals surface area contributed by atoms with Crippen LogP contribution in [-0.2, 0) is 0 Å². The first-order valence-electron chi connectivity index (χ1n) is 6.09. The van der Waals surface area contributed by atoms with Crippen molar-refractivity contribution < 1.29 is 0 Å². The second kappa shape index (κ2) is 5.48. The van der Waals surface area contributed by atoms with Gasteiger partial charge < -0.3 is 4.98 Å².